The van der Waals surface area contributed by atoms with Crippen molar-refractivity contribution in [2.24, 2.45) is 5.92 Å². The first-order chi connectivity index (χ1) is 12.0. The van der Waals surface area contributed by atoms with Gasteiger partial charge in [-0.25, -0.2) is 8.42 Å². The zero-order chi connectivity index (χ0) is 17.9. The van der Waals surface area contributed by atoms with Gasteiger partial charge in [-0.3, -0.25) is 4.79 Å². The Hall–Kier alpha value is -1.44. The van der Waals surface area contributed by atoms with Crippen molar-refractivity contribution in [3.63, 3.8) is 0 Å². The molecule has 7 heteroatoms. The Morgan fingerprint density at radius 2 is 1.84 bits per heavy atom. The van der Waals surface area contributed by atoms with Gasteiger partial charge in [0, 0.05) is 25.6 Å². The summed E-state index contributed by atoms with van der Waals surface area (Å²) in [6.07, 6.45) is 5.30. The fourth-order valence-corrected chi connectivity index (χ4v) is 5.22. The first-order valence-corrected chi connectivity index (χ1v) is 10.5. The van der Waals surface area contributed by atoms with Crippen molar-refractivity contribution < 1.29 is 18.3 Å². The Morgan fingerprint density at radius 1 is 1.16 bits per heavy atom. The van der Waals surface area contributed by atoms with E-state index in [0.717, 1.165) is 24.8 Å². The number of fused-ring (bicyclic) bond motifs is 1. The highest BCUT2D eigenvalue weighted by Gasteiger charge is 2.32. The van der Waals surface area contributed by atoms with Crippen molar-refractivity contribution in [3.8, 4) is 0 Å². The van der Waals surface area contributed by atoms with Gasteiger partial charge < -0.3 is 10.4 Å². The average molecular weight is 366 g/mol. The first-order valence-electron chi connectivity index (χ1n) is 9.03. The predicted octanol–water partition coefficient (Wildman–Crippen LogP) is 1.07. The Bertz CT molecular complexity index is 725. The number of hydrogen-bond acceptors (Lipinski definition) is 4. The Labute approximate surface area is 149 Å². The Kier molecular flexibility index (Phi) is 5.76. The number of carbonyl (C=O) groups is 1. The summed E-state index contributed by atoms with van der Waals surface area (Å²) in [7, 11) is -3.50. The van der Waals surface area contributed by atoms with Crippen LogP contribution in [0.4, 0.5) is 0 Å². The van der Waals surface area contributed by atoms with Gasteiger partial charge >= 0.3 is 0 Å². The minimum Gasteiger partial charge on any atom is -0.395 e. The number of aryl methyl sites for hydroxylation is 2. The molecular formula is C18H26N2O4S. The minimum absolute atomic E-state index is 0.0860. The molecule has 2 N–H and O–H groups in total. The van der Waals surface area contributed by atoms with Crippen LogP contribution in [-0.4, -0.2) is 50.0 Å². The quantitative estimate of drug-likeness (QED) is 0.816. The molecule has 25 heavy (non-hydrogen) atoms. The van der Waals surface area contributed by atoms with Gasteiger partial charge in [0.25, 0.3) is 0 Å². The maximum atomic E-state index is 12.9. The summed E-state index contributed by atoms with van der Waals surface area (Å²) < 4.78 is 27.3. The summed E-state index contributed by atoms with van der Waals surface area (Å²) in [5.41, 5.74) is 2.43. The van der Waals surface area contributed by atoms with E-state index in [0.29, 0.717) is 30.8 Å². The molecule has 1 aromatic carbocycles. The van der Waals surface area contributed by atoms with E-state index in [9.17, 15) is 13.2 Å². The van der Waals surface area contributed by atoms with Gasteiger partial charge in [0.15, 0.2) is 0 Å². The number of sulfonamides is 1. The topological polar surface area (TPSA) is 86.7 Å². The maximum absolute atomic E-state index is 12.9. The van der Waals surface area contributed by atoms with E-state index in [2.05, 4.69) is 5.32 Å². The minimum atomic E-state index is -3.50. The third kappa shape index (κ3) is 4.04. The highest BCUT2D eigenvalue weighted by atomic mass is 32.2. The number of nitrogens with one attached hydrogen (secondary N) is 1. The van der Waals surface area contributed by atoms with Crippen molar-refractivity contribution >= 4 is 15.9 Å². The number of carbonyl (C=O) groups excluding carboxylic acids is 1. The van der Waals surface area contributed by atoms with Crippen LogP contribution in [0, 0.1) is 5.92 Å². The lowest BCUT2D eigenvalue weighted by atomic mass is 9.92. The number of nitrogens with zero attached hydrogens (tertiary/aromatic N) is 1. The van der Waals surface area contributed by atoms with Crippen LogP contribution in [-0.2, 0) is 27.7 Å². The molecular weight excluding hydrogens is 340 g/mol. The molecule has 1 aliphatic heterocycles. The molecule has 0 radical (unpaired) electrons. The van der Waals surface area contributed by atoms with Crippen LogP contribution in [0.15, 0.2) is 23.1 Å². The van der Waals surface area contributed by atoms with Crippen molar-refractivity contribution in [3.05, 3.63) is 29.3 Å². The molecule has 1 aliphatic carbocycles. The molecule has 1 fully saturated rings. The highest BCUT2D eigenvalue weighted by molar-refractivity contribution is 7.89. The number of benzene rings is 1. The molecule has 0 spiro atoms. The standard InChI is InChI=1S/C18H26N2O4S/c21-12-9-19-18(22)15-7-10-20(11-8-15)25(23,24)17-6-5-14-3-1-2-4-16(14)13-17/h5-6,13,15,21H,1-4,7-12H2,(H,19,22). The van der Waals surface area contributed by atoms with Crippen molar-refractivity contribution in [2.75, 3.05) is 26.2 Å². The van der Waals surface area contributed by atoms with Crippen LogP contribution in [0.25, 0.3) is 0 Å². The zero-order valence-corrected chi connectivity index (χ0v) is 15.2. The van der Waals surface area contributed by atoms with Crippen LogP contribution >= 0.6 is 0 Å². The van der Waals surface area contributed by atoms with Crippen molar-refractivity contribution in [1.82, 2.24) is 9.62 Å². The summed E-state index contributed by atoms with van der Waals surface area (Å²) in [6.45, 7) is 0.872. The Balaban J connectivity index is 1.67. The lowest BCUT2D eigenvalue weighted by Gasteiger charge is -2.30. The van der Waals surface area contributed by atoms with Crippen LogP contribution < -0.4 is 5.32 Å². The fourth-order valence-electron chi connectivity index (χ4n) is 3.70. The lowest BCUT2D eigenvalue weighted by molar-refractivity contribution is -0.126. The monoisotopic (exact) mass is 366 g/mol. The van der Waals surface area contributed by atoms with Gasteiger partial charge in [0.05, 0.1) is 11.5 Å². The van der Waals surface area contributed by atoms with E-state index >= 15 is 0 Å². The van der Waals surface area contributed by atoms with Gasteiger partial charge in [-0.15, -0.1) is 0 Å². The van der Waals surface area contributed by atoms with E-state index in [1.807, 2.05) is 12.1 Å². The molecule has 1 aromatic rings. The third-order valence-corrected chi connectivity index (χ3v) is 7.09. The van der Waals surface area contributed by atoms with Crippen LogP contribution in [0.1, 0.15) is 36.8 Å². The molecule has 0 unspecified atom stereocenters. The second-order valence-corrected chi connectivity index (χ2v) is 8.77. The molecule has 1 amide bonds. The van der Waals surface area contributed by atoms with Gasteiger partial charge in [-0.1, -0.05) is 6.07 Å². The van der Waals surface area contributed by atoms with Gasteiger partial charge in [-0.05, 0) is 61.8 Å². The van der Waals surface area contributed by atoms with E-state index in [4.69, 9.17) is 5.11 Å². The second-order valence-electron chi connectivity index (χ2n) is 6.83. The fraction of sp³-hybridized carbons (Fsp3) is 0.611. The first kappa shape index (κ1) is 18.4. The normalized spacial score (nSPS) is 19.4. The molecule has 0 aromatic heterocycles. The molecule has 0 bridgehead atoms. The number of rotatable bonds is 5. The van der Waals surface area contributed by atoms with Gasteiger partial charge in [0.1, 0.15) is 0 Å². The third-order valence-electron chi connectivity index (χ3n) is 5.19. The van der Waals surface area contributed by atoms with E-state index in [1.165, 1.54) is 16.3 Å². The van der Waals surface area contributed by atoms with E-state index in [-0.39, 0.29) is 25.0 Å². The zero-order valence-electron chi connectivity index (χ0n) is 14.4. The molecule has 1 heterocycles. The molecule has 0 saturated carbocycles. The molecule has 2 aliphatic rings. The summed E-state index contributed by atoms with van der Waals surface area (Å²) in [4.78, 5) is 12.3. The second kappa shape index (κ2) is 7.85. The number of aliphatic hydroxyl groups excluding tert-OH is 1. The van der Waals surface area contributed by atoms with Gasteiger partial charge in [0.2, 0.25) is 15.9 Å². The SMILES string of the molecule is O=C(NCCO)C1CCN(S(=O)(=O)c2ccc3c(c2)CCCC3)CC1. The predicted molar refractivity (Wildman–Crippen MR) is 94.7 cm³/mol. The number of piperidine rings is 1. The number of amides is 1. The van der Waals surface area contributed by atoms with Crippen molar-refractivity contribution in [1.29, 1.82) is 0 Å². The molecule has 3 rings (SSSR count). The van der Waals surface area contributed by atoms with Crippen LogP contribution in [0.3, 0.4) is 0 Å². The summed E-state index contributed by atoms with van der Waals surface area (Å²) in [6, 6.07) is 5.51. The summed E-state index contributed by atoms with van der Waals surface area (Å²) in [5, 5.41) is 11.4. The van der Waals surface area contributed by atoms with Crippen LogP contribution in [0.5, 0.6) is 0 Å². The van der Waals surface area contributed by atoms with Gasteiger partial charge in [-0.2, -0.15) is 4.31 Å². The summed E-state index contributed by atoms with van der Waals surface area (Å²) in [5.74, 6) is -0.276. The lowest BCUT2D eigenvalue weighted by Crippen LogP contribution is -2.43. The highest BCUT2D eigenvalue weighted by Crippen LogP contribution is 2.28. The van der Waals surface area contributed by atoms with E-state index < -0.39 is 10.0 Å². The van der Waals surface area contributed by atoms with E-state index in [1.54, 1.807) is 6.07 Å². The maximum Gasteiger partial charge on any atom is 0.243 e. The Morgan fingerprint density at radius 3 is 2.52 bits per heavy atom. The molecule has 6 nitrogen and oxygen atoms in total. The number of hydrogen-bond donors (Lipinski definition) is 2. The van der Waals surface area contributed by atoms with Crippen molar-refractivity contribution in [2.45, 2.75) is 43.4 Å². The number of aliphatic hydroxyl groups is 1. The van der Waals surface area contributed by atoms with Crippen LogP contribution in [0.2, 0.25) is 0 Å². The molecule has 138 valence electrons. The smallest absolute Gasteiger partial charge is 0.243 e. The largest absolute Gasteiger partial charge is 0.395 e. The molecule has 1 saturated heterocycles. The summed E-state index contributed by atoms with van der Waals surface area (Å²) >= 11 is 0. The average Bonchev–Trinajstić information content (AvgIpc) is 2.65. The molecule has 0 atom stereocenters.